The first kappa shape index (κ1) is 15.7. The number of hydrogen-bond acceptors (Lipinski definition) is 3. The molecule has 0 saturated carbocycles. The summed E-state index contributed by atoms with van der Waals surface area (Å²) >= 11 is 0. The molecular weight excluding hydrogens is 380 g/mol. The molecule has 2 aliphatic rings. The SMILES string of the molecule is c1ccc2c(c1)Cc1c-2ccc2c1-c1c(nc3c4ncccc4c4cnccc4n13)C2. The van der Waals surface area contributed by atoms with Gasteiger partial charge in [0.2, 0.25) is 0 Å². The summed E-state index contributed by atoms with van der Waals surface area (Å²) in [7, 11) is 0. The van der Waals surface area contributed by atoms with Crippen molar-refractivity contribution in [2.45, 2.75) is 12.8 Å². The van der Waals surface area contributed by atoms with E-state index in [-0.39, 0.29) is 0 Å². The molecule has 0 spiro atoms. The van der Waals surface area contributed by atoms with Crippen molar-refractivity contribution in [1.82, 2.24) is 19.4 Å². The highest BCUT2D eigenvalue weighted by atomic mass is 15.1. The van der Waals surface area contributed by atoms with Crippen LogP contribution in [0.15, 0.2) is 73.2 Å². The van der Waals surface area contributed by atoms with Crippen LogP contribution in [0.2, 0.25) is 0 Å². The number of hydrogen-bond donors (Lipinski definition) is 0. The van der Waals surface area contributed by atoms with Gasteiger partial charge in [0, 0.05) is 41.3 Å². The van der Waals surface area contributed by atoms with E-state index in [1.54, 1.807) is 0 Å². The second kappa shape index (κ2) is 5.35. The van der Waals surface area contributed by atoms with E-state index in [9.17, 15) is 0 Å². The zero-order valence-electron chi connectivity index (χ0n) is 16.6. The Balaban J connectivity index is 1.55. The maximum absolute atomic E-state index is 5.14. The Hall–Kier alpha value is -4.05. The minimum Gasteiger partial charge on any atom is -0.290 e. The van der Waals surface area contributed by atoms with Crippen LogP contribution >= 0.6 is 0 Å². The fourth-order valence-corrected chi connectivity index (χ4v) is 5.71. The summed E-state index contributed by atoms with van der Waals surface area (Å²) in [6, 6.07) is 19.6. The van der Waals surface area contributed by atoms with E-state index in [4.69, 9.17) is 9.97 Å². The first-order valence-corrected chi connectivity index (χ1v) is 10.6. The fourth-order valence-electron chi connectivity index (χ4n) is 5.71. The van der Waals surface area contributed by atoms with Crippen LogP contribution in [-0.2, 0) is 12.8 Å². The van der Waals surface area contributed by atoms with Crippen LogP contribution in [0, 0.1) is 0 Å². The maximum Gasteiger partial charge on any atom is 0.164 e. The van der Waals surface area contributed by atoms with E-state index in [0.29, 0.717) is 0 Å². The quantitative estimate of drug-likeness (QED) is 0.315. The highest BCUT2D eigenvalue weighted by Gasteiger charge is 2.32. The van der Waals surface area contributed by atoms with Crippen LogP contribution in [0.25, 0.3) is 49.8 Å². The number of imidazole rings is 1. The van der Waals surface area contributed by atoms with E-state index in [1.807, 2.05) is 24.7 Å². The van der Waals surface area contributed by atoms with E-state index >= 15 is 0 Å². The molecule has 0 amide bonds. The fraction of sp³-hybridized carbons (Fsp3) is 0.0741. The molecule has 0 saturated heterocycles. The monoisotopic (exact) mass is 396 g/mol. The molecule has 31 heavy (non-hydrogen) atoms. The van der Waals surface area contributed by atoms with Gasteiger partial charge in [-0.25, -0.2) is 4.98 Å². The standard InChI is InChI=1S/C27H16N4/c1-2-5-17-15(4-1)12-20-18(17)8-7-16-13-22-26(24(16)20)31-23-9-11-28-14-21(23)19-6-3-10-29-25(19)27(31)30-22/h1-11,14H,12-13H2. The summed E-state index contributed by atoms with van der Waals surface area (Å²) < 4.78 is 2.33. The summed E-state index contributed by atoms with van der Waals surface area (Å²) in [6.07, 6.45) is 7.53. The number of nitrogens with zero attached hydrogens (tertiary/aromatic N) is 4. The van der Waals surface area contributed by atoms with Crippen LogP contribution in [-0.4, -0.2) is 19.4 Å². The molecule has 2 aliphatic carbocycles. The topological polar surface area (TPSA) is 43.1 Å². The number of rotatable bonds is 0. The van der Waals surface area contributed by atoms with Crippen molar-refractivity contribution in [3.8, 4) is 22.4 Å². The first-order valence-electron chi connectivity index (χ1n) is 10.6. The van der Waals surface area contributed by atoms with Crippen LogP contribution < -0.4 is 0 Å². The van der Waals surface area contributed by atoms with E-state index in [2.05, 4.69) is 57.9 Å². The van der Waals surface area contributed by atoms with E-state index in [0.717, 1.165) is 46.0 Å². The van der Waals surface area contributed by atoms with E-state index in [1.165, 1.54) is 39.1 Å². The van der Waals surface area contributed by atoms with Gasteiger partial charge in [0.1, 0.15) is 5.52 Å². The number of pyridine rings is 3. The van der Waals surface area contributed by atoms with Crippen LogP contribution in [0.5, 0.6) is 0 Å². The maximum atomic E-state index is 5.14. The predicted octanol–water partition coefficient (Wildman–Crippen LogP) is 5.57. The van der Waals surface area contributed by atoms with Crippen molar-refractivity contribution in [3.05, 3.63) is 95.6 Å². The number of benzene rings is 2. The first-order chi connectivity index (χ1) is 15.4. The van der Waals surface area contributed by atoms with Crippen LogP contribution in [0.4, 0.5) is 0 Å². The van der Waals surface area contributed by atoms with Gasteiger partial charge in [0.05, 0.1) is 16.9 Å². The van der Waals surface area contributed by atoms with Crippen LogP contribution in [0.3, 0.4) is 0 Å². The van der Waals surface area contributed by atoms with Gasteiger partial charge in [-0.1, -0.05) is 42.5 Å². The Kier molecular flexibility index (Phi) is 2.72. The highest BCUT2D eigenvalue weighted by Crippen LogP contribution is 2.48. The van der Waals surface area contributed by atoms with Gasteiger partial charge in [0.15, 0.2) is 5.65 Å². The lowest BCUT2D eigenvalue weighted by Crippen LogP contribution is -1.97. The summed E-state index contributed by atoms with van der Waals surface area (Å²) in [5.41, 5.74) is 13.7. The largest absolute Gasteiger partial charge is 0.290 e. The lowest BCUT2D eigenvalue weighted by atomic mass is 9.97. The second-order valence-corrected chi connectivity index (χ2v) is 8.50. The summed E-state index contributed by atoms with van der Waals surface area (Å²) in [6.45, 7) is 0. The normalized spacial score (nSPS) is 13.5. The molecule has 0 N–H and O–H groups in total. The molecule has 0 radical (unpaired) electrons. The molecule has 8 rings (SSSR count). The van der Waals surface area contributed by atoms with Crippen molar-refractivity contribution >= 4 is 27.5 Å². The number of fused-ring (bicyclic) bond motifs is 14. The Morgan fingerprint density at radius 1 is 0.774 bits per heavy atom. The smallest absolute Gasteiger partial charge is 0.164 e. The lowest BCUT2D eigenvalue weighted by Gasteiger charge is -2.12. The van der Waals surface area contributed by atoms with Crippen molar-refractivity contribution in [1.29, 1.82) is 0 Å². The molecule has 4 nitrogen and oxygen atoms in total. The minimum atomic E-state index is 0.872. The lowest BCUT2D eigenvalue weighted by molar-refractivity contribution is 1.16. The summed E-state index contributed by atoms with van der Waals surface area (Å²) in [4.78, 5) is 14.3. The molecule has 0 fully saturated rings. The highest BCUT2D eigenvalue weighted by molar-refractivity contribution is 6.11. The average molecular weight is 396 g/mol. The zero-order valence-corrected chi connectivity index (χ0v) is 16.6. The Morgan fingerprint density at radius 2 is 1.74 bits per heavy atom. The molecule has 4 heterocycles. The second-order valence-electron chi connectivity index (χ2n) is 8.50. The third-order valence-corrected chi connectivity index (χ3v) is 6.97. The van der Waals surface area contributed by atoms with Gasteiger partial charge in [-0.15, -0.1) is 0 Å². The van der Waals surface area contributed by atoms with Gasteiger partial charge in [-0.05, 0) is 46.4 Å². The van der Waals surface area contributed by atoms with E-state index < -0.39 is 0 Å². The van der Waals surface area contributed by atoms with Crippen LogP contribution in [0.1, 0.15) is 22.4 Å². The third kappa shape index (κ3) is 1.84. The molecule has 0 aliphatic heterocycles. The van der Waals surface area contributed by atoms with Gasteiger partial charge >= 0.3 is 0 Å². The van der Waals surface area contributed by atoms with Gasteiger partial charge in [0.25, 0.3) is 0 Å². The van der Waals surface area contributed by atoms with Crippen molar-refractivity contribution in [2.75, 3.05) is 0 Å². The average Bonchev–Trinajstić information content (AvgIpc) is 3.48. The molecule has 4 aromatic heterocycles. The summed E-state index contributed by atoms with van der Waals surface area (Å²) in [5, 5.41) is 2.22. The third-order valence-electron chi connectivity index (χ3n) is 6.97. The molecule has 0 atom stereocenters. The minimum absolute atomic E-state index is 0.872. The number of aromatic nitrogens is 4. The van der Waals surface area contributed by atoms with Gasteiger partial charge in [-0.2, -0.15) is 0 Å². The molecule has 4 heteroatoms. The van der Waals surface area contributed by atoms with Gasteiger partial charge in [-0.3, -0.25) is 14.4 Å². The van der Waals surface area contributed by atoms with Crippen molar-refractivity contribution in [3.63, 3.8) is 0 Å². The molecule has 0 unspecified atom stereocenters. The van der Waals surface area contributed by atoms with Crippen molar-refractivity contribution in [2.24, 2.45) is 0 Å². The Bertz CT molecular complexity index is 1740. The Morgan fingerprint density at radius 3 is 2.74 bits per heavy atom. The summed E-state index contributed by atoms with van der Waals surface area (Å²) in [5.74, 6) is 0. The molecular formula is C27H16N4. The molecule has 6 aromatic rings. The molecule has 144 valence electrons. The zero-order chi connectivity index (χ0) is 20.1. The Labute approximate surface area is 177 Å². The van der Waals surface area contributed by atoms with Gasteiger partial charge < -0.3 is 0 Å². The molecule has 2 aromatic carbocycles. The molecule has 0 bridgehead atoms. The predicted molar refractivity (Wildman–Crippen MR) is 122 cm³/mol. The van der Waals surface area contributed by atoms with Crippen molar-refractivity contribution < 1.29 is 0 Å².